The molecule has 0 amide bonds. The van der Waals surface area contributed by atoms with E-state index in [0.717, 1.165) is 27.6 Å². The number of hydrogen-bond acceptors (Lipinski definition) is 4. The molecule has 0 saturated carbocycles. The Bertz CT molecular complexity index is 949. The van der Waals surface area contributed by atoms with Crippen molar-refractivity contribution in [3.05, 3.63) is 82.1 Å². The minimum Gasteiger partial charge on any atom is -0.299 e. The fraction of sp³-hybridized carbons (Fsp3) is 0.286. The van der Waals surface area contributed by atoms with Crippen molar-refractivity contribution >= 4 is 16.7 Å². The summed E-state index contributed by atoms with van der Waals surface area (Å²) in [7, 11) is 0. The standard InChI is InChI=1S/C19H17N5O.C2H6/c1-13(23-24-20)19-15(12-22-18-7-3-2-6-17(18)19)10-16(25)9-14-5-4-8-21-11-14;1-2/h2-8,11-13H,9-10H2,1H3;1-2H3. The van der Waals surface area contributed by atoms with Gasteiger partial charge in [0.2, 0.25) is 0 Å². The number of carbonyl (C=O) groups excluding carboxylic acids is 1. The minimum atomic E-state index is -0.376. The van der Waals surface area contributed by atoms with Gasteiger partial charge in [-0.15, -0.1) is 0 Å². The molecule has 0 radical (unpaired) electrons. The van der Waals surface area contributed by atoms with E-state index < -0.39 is 0 Å². The highest BCUT2D eigenvalue weighted by atomic mass is 16.1. The summed E-state index contributed by atoms with van der Waals surface area (Å²) in [5, 5.41) is 4.74. The van der Waals surface area contributed by atoms with E-state index >= 15 is 0 Å². The van der Waals surface area contributed by atoms with E-state index in [9.17, 15) is 4.79 Å². The molecule has 6 nitrogen and oxygen atoms in total. The predicted octanol–water partition coefficient (Wildman–Crippen LogP) is 5.38. The Morgan fingerprint density at radius 2 is 1.93 bits per heavy atom. The summed E-state index contributed by atoms with van der Waals surface area (Å²) in [4.78, 5) is 23.9. The zero-order valence-corrected chi connectivity index (χ0v) is 15.8. The smallest absolute Gasteiger partial charge is 0.141 e. The fourth-order valence-corrected chi connectivity index (χ4v) is 2.98. The number of nitrogens with zero attached hydrogens (tertiary/aromatic N) is 5. The normalized spacial score (nSPS) is 11.1. The number of pyridine rings is 2. The molecule has 0 fully saturated rings. The number of Topliss-reactive ketones (excluding diaryl/α,β-unsaturated/α-hetero) is 1. The van der Waals surface area contributed by atoms with Crippen LogP contribution in [0.2, 0.25) is 0 Å². The van der Waals surface area contributed by atoms with E-state index in [1.807, 2.05) is 57.2 Å². The van der Waals surface area contributed by atoms with Crippen molar-refractivity contribution in [1.82, 2.24) is 9.97 Å². The van der Waals surface area contributed by atoms with Crippen LogP contribution in [0.25, 0.3) is 21.3 Å². The highest BCUT2D eigenvalue weighted by Gasteiger charge is 2.17. The maximum Gasteiger partial charge on any atom is 0.141 e. The van der Waals surface area contributed by atoms with E-state index in [0.29, 0.717) is 6.42 Å². The van der Waals surface area contributed by atoms with Crippen molar-refractivity contribution in [3.63, 3.8) is 0 Å². The summed E-state index contributed by atoms with van der Waals surface area (Å²) < 4.78 is 0. The first-order valence-electron chi connectivity index (χ1n) is 9.00. The average molecular weight is 361 g/mol. The van der Waals surface area contributed by atoms with Gasteiger partial charge in [-0.25, -0.2) is 0 Å². The second kappa shape index (κ2) is 10.0. The van der Waals surface area contributed by atoms with Crippen LogP contribution in [-0.4, -0.2) is 15.8 Å². The molecule has 0 N–H and O–H groups in total. The van der Waals surface area contributed by atoms with Gasteiger partial charge in [0.15, 0.2) is 0 Å². The van der Waals surface area contributed by atoms with Crippen molar-refractivity contribution < 1.29 is 4.79 Å². The van der Waals surface area contributed by atoms with Crippen LogP contribution in [0.15, 0.2) is 60.1 Å². The van der Waals surface area contributed by atoms with Gasteiger partial charge in [0, 0.05) is 41.7 Å². The molecule has 3 aromatic rings. The molecule has 0 aliphatic rings. The van der Waals surface area contributed by atoms with Crippen LogP contribution >= 0.6 is 0 Å². The van der Waals surface area contributed by atoms with E-state index in [2.05, 4.69) is 20.0 Å². The summed E-state index contributed by atoms with van der Waals surface area (Å²) in [5.74, 6) is 0.0690. The molecule has 0 saturated heterocycles. The zero-order chi connectivity index (χ0) is 19.6. The first-order chi connectivity index (χ1) is 13.2. The number of ketones is 1. The van der Waals surface area contributed by atoms with Crippen LogP contribution in [-0.2, 0) is 17.6 Å². The predicted molar refractivity (Wildman–Crippen MR) is 107 cm³/mol. The van der Waals surface area contributed by atoms with Crippen LogP contribution in [0.3, 0.4) is 0 Å². The quantitative estimate of drug-likeness (QED) is 0.335. The molecule has 6 heteroatoms. The van der Waals surface area contributed by atoms with E-state index in [-0.39, 0.29) is 18.2 Å². The first kappa shape index (κ1) is 20.1. The molecule has 1 aromatic carbocycles. The lowest BCUT2D eigenvalue weighted by molar-refractivity contribution is -0.117. The number of hydrogen-bond donors (Lipinski definition) is 0. The molecule has 1 unspecified atom stereocenters. The number of carbonyl (C=O) groups is 1. The molecule has 0 aliphatic carbocycles. The van der Waals surface area contributed by atoms with Gasteiger partial charge >= 0.3 is 0 Å². The van der Waals surface area contributed by atoms with E-state index in [4.69, 9.17) is 5.53 Å². The second-order valence-corrected chi connectivity index (χ2v) is 5.85. The Kier molecular flexibility index (Phi) is 7.47. The Labute approximate surface area is 158 Å². The lowest BCUT2D eigenvalue weighted by Crippen LogP contribution is -2.10. The Morgan fingerprint density at radius 1 is 1.15 bits per heavy atom. The lowest BCUT2D eigenvalue weighted by atomic mass is 9.94. The molecular formula is C21H23N5O. The highest BCUT2D eigenvalue weighted by Crippen LogP contribution is 2.29. The molecule has 3 rings (SSSR count). The van der Waals surface area contributed by atoms with Gasteiger partial charge in [0.25, 0.3) is 0 Å². The van der Waals surface area contributed by atoms with Gasteiger partial charge in [-0.2, -0.15) is 0 Å². The molecule has 2 aromatic heterocycles. The summed E-state index contributed by atoms with van der Waals surface area (Å²) in [5.41, 5.74) is 12.2. The van der Waals surface area contributed by atoms with Crippen LogP contribution in [0.5, 0.6) is 0 Å². The average Bonchev–Trinajstić information content (AvgIpc) is 2.70. The minimum absolute atomic E-state index is 0.0690. The van der Waals surface area contributed by atoms with Crippen LogP contribution < -0.4 is 0 Å². The molecule has 27 heavy (non-hydrogen) atoms. The number of rotatable bonds is 6. The van der Waals surface area contributed by atoms with Gasteiger partial charge in [0.1, 0.15) is 5.78 Å². The van der Waals surface area contributed by atoms with E-state index in [1.165, 1.54) is 0 Å². The summed E-state index contributed by atoms with van der Waals surface area (Å²) in [6.45, 7) is 5.83. The van der Waals surface area contributed by atoms with E-state index in [1.54, 1.807) is 18.6 Å². The van der Waals surface area contributed by atoms with Crippen molar-refractivity contribution in [2.24, 2.45) is 5.11 Å². The monoisotopic (exact) mass is 361 g/mol. The van der Waals surface area contributed by atoms with Crippen molar-refractivity contribution in [2.75, 3.05) is 0 Å². The lowest BCUT2D eigenvalue weighted by Gasteiger charge is -2.15. The van der Waals surface area contributed by atoms with Crippen LogP contribution in [0, 0.1) is 0 Å². The van der Waals surface area contributed by atoms with Gasteiger partial charge in [-0.3, -0.25) is 14.8 Å². The van der Waals surface area contributed by atoms with Gasteiger partial charge in [-0.1, -0.05) is 50.2 Å². The third-order valence-corrected chi connectivity index (χ3v) is 4.05. The van der Waals surface area contributed by atoms with Crippen LogP contribution in [0.1, 0.15) is 43.5 Å². The molecule has 0 aliphatic heterocycles. The summed E-state index contributed by atoms with van der Waals surface area (Å²) in [6, 6.07) is 11.0. The number of aromatic nitrogens is 2. The third-order valence-electron chi connectivity index (χ3n) is 4.05. The molecule has 0 bridgehead atoms. The number of benzene rings is 1. The third kappa shape index (κ3) is 5.12. The number of fused-ring (bicyclic) bond motifs is 1. The molecule has 138 valence electrons. The Balaban J connectivity index is 0.00000126. The largest absolute Gasteiger partial charge is 0.299 e. The summed E-state index contributed by atoms with van der Waals surface area (Å²) in [6.07, 6.45) is 5.65. The summed E-state index contributed by atoms with van der Waals surface area (Å²) >= 11 is 0. The Morgan fingerprint density at radius 3 is 2.63 bits per heavy atom. The number of para-hydroxylation sites is 1. The maximum absolute atomic E-state index is 12.5. The molecule has 1 atom stereocenters. The SMILES string of the molecule is CC.CC(N=[N+]=[N-])c1c(CC(=O)Cc2cccnc2)cnc2ccccc12. The van der Waals surface area contributed by atoms with Crippen molar-refractivity contribution in [1.29, 1.82) is 0 Å². The van der Waals surface area contributed by atoms with Gasteiger partial charge in [0.05, 0.1) is 11.6 Å². The van der Waals surface area contributed by atoms with Gasteiger partial charge < -0.3 is 0 Å². The number of azide groups is 1. The molecular weight excluding hydrogens is 338 g/mol. The topological polar surface area (TPSA) is 91.6 Å². The second-order valence-electron chi connectivity index (χ2n) is 5.85. The van der Waals surface area contributed by atoms with Crippen molar-refractivity contribution in [3.8, 4) is 0 Å². The highest BCUT2D eigenvalue weighted by molar-refractivity contribution is 5.88. The Hall–Kier alpha value is -3.24. The fourth-order valence-electron chi connectivity index (χ4n) is 2.98. The molecule has 2 heterocycles. The van der Waals surface area contributed by atoms with Crippen molar-refractivity contribution in [2.45, 2.75) is 39.7 Å². The first-order valence-corrected chi connectivity index (χ1v) is 9.00. The maximum atomic E-state index is 12.5. The van der Waals surface area contributed by atoms with Gasteiger partial charge in [-0.05, 0) is 34.4 Å². The molecule has 0 spiro atoms. The zero-order valence-electron chi connectivity index (χ0n) is 15.8. The van der Waals surface area contributed by atoms with Crippen LogP contribution in [0.4, 0.5) is 0 Å².